The summed E-state index contributed by atoms with van der Waals surface area (Å²) in [5.41, 5.74) is 2.00. The number of amides is 1. The first-order chi connectivity index (χ1) is 12.4. The van der Waals surface area contributed by atoms with Gasteiger partial charge in [-0.15, -0.1) is 0 Å². The van der Waals surface area contributed by atoms with Gasteiger partial charge in [-0.1, -0.05) is 24.3 Å². The van der Waals surface area contributed by atoms with Gasteiger partial charge in [0.15, 0.2) is 0 Å². The summed E-state index contributed by atoms with van der Waals surface area (Å²) < 4.78 is 32.4. The molecule has 0 fully saturated rings. The SMILES string of the molecule is COc1ccc(CCNS(=O)(=O)c2ccc(CCNC(C)=O)cc2)cc1. The average Bonchev–Trinajstić information content (AvgIpc) is 2.62. The molecule has 0 bridgehead atoms. The molecule has 0 saturated heterocycles. The molecule has 0 spiro atoms. The molecule has 0 saturated carbocycles. The minimum Gasteiger partial charge on any atom is -0.497 e. The van der Waals surface area contributed by atoms with Crippen LogP contribution in [0.25, 0.3) is 0 Å². The minimum atomic E-state index is -3.54. The van der Waals surface area contributed by atoms with Crippen molar-refractivity contribution in [3.8, 4) is 5.75 Å². The Morgan fingerprint density at radius 1 is 0.923 bits per heavy atom. The van der Waals surface area contributed by atoms with Crippen molar-refractivity contribution in [1.29, 1.82) is 0 Å². The highest BCUT2D eigenvalue weighted by Gasteiger charge is 2.13. The van der Waals surface area contributed by atoms with E-state index in [-0.39, 0.29) is 10.8 Å². The van der Waals surface area contributed by atoms with Gasteiger partial charge < -0.3 is 10.1 Å². The normalized spacial score (nSPS) is 11.2. The number of rotatable bonds is 9. The van der Waals surface area contributed by atoms with Gasteiger partial charge in [0.2, 0.25) is 15.9 Å². The Hall–Kier alpha value is -2.38. The molecule has 2 aromatic rings. The summed E-state index contributed by atoms with van der Waals surface area (Å²) in [7, 11) is -1.93. The van der Waals surface area contributed by atoms with Crippen molar-refractivity contribution in [3.05, 3.63) is 59.7 Å². The number of benzene rings is 2. The fourth-order valence-corrected chi connectivity index (χ4v) is 3.46. The van der Waals surface area contributed by atoms with Crippen molar-refractivity contribution in [1.82, 2.24) is 10.0 Å². The van der Waals surface area contributed by atoms with E-state index in [9.17, 15) is 13.2 Å². The molecule has 0 atom stereocenters. The minimum absolute atomic E-state index is 0.0785. The Bertz CT molecular complexity index is 816. The van der Waals surface area contributed by atoms with Crippen molar-refractivity contribution in [2.75, 3.05) is 20.2 Å². The van der Waals surface area contributed by atoms with Gasteiger partial charge >= 0.3 is 0 Å². The molecule has 2 N–H and O–H groups in total. The Morgan fingerprint density at radius 2 is 1.46 bits per heavy atom. The molecule has 2 aromatic carbocycles. The number of carbonyl (C=O) groups excluding carboxylic acids is 1. The Kier molecular flexibility index (Phi) is 7.17. The van der Waals surface area contributed by atoms with Crippen LogP contribution in [0.3, 0.4) is 0 Å². The molecule has 0 unspecified atom stereocenters. The van der Waals surface area contributed by atoms with Gasteiger partial charge in [-0.2, -0.15) is 0 Å². The largest absolute Gasteiger partial charge is 0.497 e. The number of ether oxygens (including phenoxy) is 1. The number of nitrogens with one attached hydrogen (secondary N) is 2. The lowest BCUT2D eigenvalue weighted by molar-refractivity contribution is -0.118. The number of carbonyl (C=O) groups is 1. The molecule has 0 aliphatic heterocycles. The maximum Gasteiger partial charge on any atom is 0.240 e. The van der Waals surface area contributed by atoms with Crippen LogP contribution in [0.15, 0.2) is 53.4 Å². The van der Waals surface area contributed by atoms with Crippen molar-refractivity contribution >= 4 is 15.9 Å². The zero-order valence-electron chi connectivity index (χ0n) is 15.0. The van der Waals surface area contributed by atoms with Crippen molar-refractivity contribution < 1.29 is 17.9 Å². The lowest BCUT2D eigenvalue weighted by Gasteiger charge is -2.08. The van der Waals surface area contributed by atoms with Crippen LogP contribution in [-0.2, 0) is 27.7 Å². The van der Waals surface area contributed by atoms with Gasteiger partial charge in [0.25, 0.3) is 0 Å². The maximum atomic E-state index is 12.3. The van der Waals surface area contributed by atoms with Crippen LogP contribution in [0.1, 0.15) is 18.1 Å². The summed E-state index contributed by atoms with van der Waals surface area (Å²) in [6, 6.07) is 14.2. The summed E-state index contributed by atoms with van der Waals surface area (Å²) >= 11 is 0. The van der Waals surface area contributed by atoms with Crippen molar-refractivity contribution in [3.63, 3.8) is 0 Å². The molecule has 0 aliphatic carbocycles. The van der Waals surface area contributed by atoms with E-state index in [1.54, 1.807) is 31.4 Å². The number of hydrogen-bond donors (Lipinski definition) is 2. The van der Waals surface area contributed by atoms with E-state index in [1.807, 2.05) is 24.3 Å². The second-order valence-electron chi connectivity index (χ2n) is 5.87. The van der Waals surface area contributed by atoms with E-state index in [2.05, 4.69) is 10.0 Å². The summed E-state index contributed by atoms with van der Waals surface area (Å²) in [6.45, 7) is 2.31. The predicted octanol–water partition coefficient (Wildman–Crippen LogP) is 1.89. The first kappa shape index (κ1) is 19.9. The third-order valence-corrected chi connectivity index (χ3v) is 5.36. The number of methoxy groups -OCH3 is 1. The van der Waals surface area contributed by atoms with Gasteiger partial charge in [0, 0.05) is 20.0 Å². The van der Waals surface area contributed by atoms with E-state index in [0.29, 0.717) is 25.9 Å². The van der Waals surface area contributed by atoms with Crippen LogP contribution < -0.4 is 14.8 Å². The monoisotopic (exact) mass is 376 g/mol. The standard InChI is InChI=1S/C19H24N2O4S/c1-15(22)20-13-11-17-5-9-19(10-6-17)26(23,24)21-14-12-16-3-7-18(25-2)8-4-16/h3-10,21H,11-14H2,1-2H3,(H,20,22). The first-order valence-corrected chi connectivity index (χ1v) is 9.85. The number of sulfonamides is 1. The zero-order valence-corrected chi connectivity index (χ0v) is 15.8. The molecule has 0 heterocycles. The predicted molar refractivity (Wildman–Crippen MR) is 101 cm³/mol. The second-order valence-corrected chi connectivity index (χ2v) is 7.64. The Balaban J connectivity index is 1.87. The van der Waals surface area contributed by atoms with Crippen LogP contribution in [0, 0.1) is 0 Å². The molecular formula is C19H24N2O4S. The lowest BCUT2D eigenvalue weighted by atomic mass is 10.1. The molecule has 0 aromatic heterocycles. The van der Waals surface area contributed by atoms with Crippen LogP contribution in [0.4, 0.5) is 0 Å². The Labute approximate surface area is 154 Å². The zero-order chi connectivity index (χ0) is 19.0. The molecule has 6 nitrogen and oxygen atoms in total. The molecule has 1 amide bonds. The lowest BCUT2D eigenvalue weighted by Crippen LogP contribution is -2.26. The molecule has 7 heteroatoms. The molecule has 26 heavy (non-hydrogen) atoms. The fourth-order valence-electron chi connectivity index (χ4n) is 2.42. The van der Waals surface area contributed by atoms with Gasteiger partial charge in [-0.05, 0) is 48.2 Å². The fraction of sp³-hybridized carbons (Fsp3) is 0.316. The second kappa shape index (κ2) is 9.35. The van der Waals surface area contributed by atoms with Crippen LogP contribution in [-0.4, -0.2) is 34.5 Å². The van der Waals surface area contributed by atoms with E-state index < -0.39 is 10.0 Å². The smallest absolute Gasteiger partial charge is 0.240 e. The molecule has 0 aliphatic rings. The highest BCUT2D eigenvalue weighted by atomic mass is 32.2. The highest BCUT2D eigenvalue weighted by molar-refractivity contribution is 7.89. The Morgan fingerprint density at radius 3 is 2.00 bits per heavy atom. The average molecular weight is 376 g/mol. The van der Waals surface area contributed by atoms with Crippen molar-refractivity contribution in [2.45, 2.75) is 24.7 Å². The first-order valence-electron chi connectivity index (χ1n) is 8.37. The molecular weight excluding hydrogens is 352 g/mol. The summed E-state index contributed by atoms with van der Waals surface area (Å²) in [5.74, 6) is 0.693. The third kappa shape index (κ3) is 6.16. The van der Waals surface area contributed by atoms with Gasteiger partial charge in [0.1, 0.15) is 5.75 Å². The third-order valence-electron chi connectivity index (χ3n) is 3.89. The van der Waals surface area contributed by atoms with Crippen LogP contribution in [0.2, 0.25) is 0 Å². The maximum absolute atomic E-state index is 12.3. The van der Waals surface area contributed by atoms with Crippen LogP contribution in [0.5, 0.6) is 5.75 Å². The summed E-state index contributed by atoms with van der Waals surface area (Å²) in [5, 5.41) is 2.71. The van der Waals surface area contributed by atoms with E-state index in [0.717, 1.165) is 16.9 Å². The van der Waals surface area contributed by atoms with Crippen molar-refractivity contribution in [2.24, 2.45) is 0 Å². The molecule has 2 rings (SSSR count). The van der Waals surface area contributed by atoms with Gasteiger partial charge in [-0.25, -0.2) is 13.1 Å². The molecule has 140 valence electrons. The van der Waals surface area contributed by atoms with E-state index >= 15 is 0 Å². The summed E-state index contributed by atoms with van der Waals surface area (Å²) in [6.07, 6.45) is 1.25. The van der Waals surface area contributed by atoms with E-state index in [4.69, 9.17) is 4.74 Å². The van der Waals surface area contributed by atoms with Crippen LogP contribution >= 0.6 is 0 Å². The van der Waals surface area contributed by atoms with Gasteiger partial charge in [-0.3, -0.25) is 4.79 Å². The summed E-state index contributed by atoms with van der Waals surface area (Å²) in [4.78, 5) is 11.1. The topological polar surface area (TPSA) is 84.5 Å². The highest BCUT2D eigenvalue weighted by Crippen LogP contribution is 2.13. The quantitative estimate of drug-likeness (QED) is 0.700. The van der Waals surface area contributed by atoms with E-state index in [1.165, 1.54) is 6.92 Å². The van der Waals surface area contributed by atoms with Gasteiger partial charge in [0.05, 0.1) is 12.0 Å². The number of hydrogen-bond acceptors (Lipinski definition) is 4. The molecule has 0 radical (unpaired) electrons.